The van der Waals surface area contributed by atoms with Gasteiger partial charge in [-0.15, -0.1) is 0 Å². The van der Waals surface area contributed by atoms with Crippen LogP contribution in [0, 0.1) is 5.82 Å². The molecular formula is C27H30F3N3O3. The van der Waals surface area contributed by atoms with Crippen molar-refractivity contribution < 1.29 is 27.4 Å². The summed E-state index contributed by atoms with van der Waals surface area (Å²) in [5, 5.41) is 4.03. The predicted molar refractivity (Wildman–Crippen MR) is 132 cm³/mol. The Morgan fingerprint density at radius 3 is 2.44 bits per heavy atom. The molecule has 1 N–H and O–H groups in total. The summed E-state index contributed by atoms with van der Waals surface area (Å²) in [5.74, 6) is -0.268. The van der Waals surface area contributed by atoms with Crippen molar-refractivity contribution in [3.8, 4) is 5.75 Å². The molecule has 4 rings (SSSR count). The molecule has 1 atom stereocenters. The SMILES string of the molecule is COc1cc2nccc(N[C@H](C)c3cccc(C(F)F)c3F)c2cc1C1(OC)CCN(C(C)=O)CC1. The summed E-state index contributed by atoms with van der Waals surface area (Å²) in [6.45, 7) is 4.39. The Labute approximate surface area is 208 Å². The van der Waals surface area contributed by atoms with Gasteiger partial charge in [-0.25, -0.2) is 13.2 Å². The van der Waals surface area contributed by atoms with Crippen LogP contribution in [0.1, 0.15) is 55.8 Å². The number of fused-ring (bicyclic) bond motifs is 1. The summed E-state index contributed by atoms with van der Waals surface area (Å²) < 4.78 is 53.0. The fourth-order valence-corrected chi connectivity index (χ4v) is 4.97. The van der Waals surface area contributed by atoms with Crippen LogP contribution in [0.15, 0.2) is 42.6 Å². The molecule has 0 spiro atoms. The number of halogens is 3. The largest absolute Gasteiger partial charge is 0.496 e. The molecule has 3 aromatic rings. The Morgan fingerprint density at radius 1 is 1.14 bits per heavy atom. The van der Waals surface area contributed by atoms with Gasteiger partial charge in [0.25, 0.3) is 6.43 Å². The maximum Gasteiger partial charge on any atom is 0.266 e. The summed E-state index contributed by atoms with van der Waals surface area (Å²) in [6.07, 6.45) is -0.0834. The van der Waals surface area contributed by atoms with E-state index in [-0.39, 0.29) is 11.5 Å². The van der Waals surface area contributed by atoms with Gasteiger partial charge in [0.15, 0.2) is 0 Å². The van der Waals surface area contributed by atoms with Crippen molar-refractivity contribution in [2.75, 3.05) is 32.6 Å². The number of nitrogens with zero attached hydrogens (tertiary/aromatic N) is 2. The van der Waals surface area contributed by atoms with Crippen LogP contribution in [0.5, 0.6) is 5.75 Å². The fourth-order valence-electron chi connectivity index (χ4n) is 4.97. The van der Waals surface area contributed by atoms with E-state index in [4.69, 9.17) is 9.47 Å². The lowest BCUT2D eigenvalue weighted by molar-refractivity contribution is -0.135. The van der Waals surface area contributed by atoms with E-state index in [1.54, 1.807) is 45.2 Å². The van der Waals surface area contributed by atoms with Crippen molar-refractivity contribution in [2.45, 2.75) is 44.8 Å². The number of nitrogens with one attached hydrogen (secondary N) is 1. The highest BCUT2D eigenvalue weighted by atomic mass is 19.3. The molecule has 0 radical (unpaired) electrons. The predicted octanol–water partition coefficient (Wildman–Crippen LogP) is 5.98. The Balaban J connectivity index is 1.74. The monoisotopic (exact) mass is 501 g/mol. The summed E-state index contributed by atoms with van der Waals surface area (Å²) in [6, 6.07) is 8.99. The second-order valence-electron chi connectivity index (χ2n) is 9.05. The van der Waals surface area contributed by atoms with Crippen LogP contribution in [0.3, 0.4) is 0 Å². The number of rotatable bonds is 7. The number of hydrogen-bond donors (Lipinski definition) is 1. The number of carbonyl (C=O) groups is 1. The van der Waals surface area contributed by atoms with E-state index in [1.165, 1.54) is 12.1 Å². The van der Waals surface area contributed by atoms with Gasteiger partial charge in [-0.1, -0.05) is 18.2 Å². The first-order valence-corrected chi connectivity index (χ1v) is 11.8. The zero-order valence-electron chi connectivity index (χ0n) is 20.8. The molecule has 1 aromatic heterocycles. The standard InChI is InChI=1S/C27H30F3N3O3/c1-16(18-6-5-7-19(25(18)28)26(29)30)32-22-8-11-31-23-15-24(35-3)21(14-20(22)23)27(36-4)9-12-33(13-10-27)17(2)34/h5-8,11,14-16,26H,9-10,12-13H2,1-4H3,(H,31,32)/t16-/m1/s1. The highest BCUT2D eigenvalue weighted by Crippen LogP contribution is 2.43. The number of likely N-dealkylation sites (tertiary alicyclic amines) is 1. The van der Waals surface area contributed by atoms with Crippen molar-refractivity contribution in [2.24, 2.45) is 0 Å². The molecular weight excluding hydrogens is 471 g/mol. The minimum absolute atomic E-state index is 0.0259. The van der Waals surface area contributed by atoms with Crippen molar-refractivity contribution in [3.05, 3.63) is 65.1 Å². The third kappa shape index (κ3) is 4.72. The topological polar surface area (TPSA) is 63.7 Å². The van der Waals surface area contributed by atoms with Crippen molar-refractivity contribution in [1.82, 2.24) is 9.88 Å². The number of alkyl halides is 2. The van der Waals surface area contributed by atoms with E-state index in [9.17, 15) is 18.0 Å². The van der Waals surface area contributed by atoms with Crippen LogP contribution < -0.4 is 10.1 Å². The molecule has 1 saturated heterocycles. The number of anilines is 1. The molecule has 9 heteroatoms. The molecule has 192 valence electrons. The highest BCUT2D eigenvalue weighted by molar-refractivity contribution is 5.93. The lowest BCUT2D eigenvalue weighted by Crippen LogP contribution is -2.45. The van der Waals surface area contributed by atoms with E-state index < -0.39 is 29.4 Å². The minimum atomic E-state index is -2.89. The van der Waals surface area contributed by atoms with Crippen LogP contribution in [0.25, 0.3) is 10.9 Å². The first-order chi connectivity index (χ1) is 17.2. The van der Waals surface area contributed by atoms with Gasteiger partial charge >= 0.3 is 0 Å². The van der Waals surface area contributed by atoms with Gasteiger partial charge in [-0.2, -0.15) is 0 Å². The van der Waals surface area contributed by atoms with E-state index in [0.29, 0.717) is 42.9 Å². The number of pyridine rings is 1. The Morgan fingerprint density at radius 2 is 1.83 bits per heavy atom. The Kier molecular flexibility index (Phi) is 7.40. The second-order valence-corrected chi connectivity index (χ2v) is 9.05. The smallest absolute Gasteiger partial charge is 0.266 e. The summed E-state index contributed by atoms with van der Waals surface area (Å²) in [5.41, 5.74) is 1.02. The zero-order valence-corrected chi connectivity index (χ0v) is 20.8. The lowest BCUT2D eigenvalue weighted by Gasteiger charge is -2.41. The average molecular weight is 502 g/mol. The van der Waals surface area contributed by atoms with Crippen LogP contribution in [0.4, 0.5) is 18.9 Å². The quantitative estimate of drug-likeness (QED) is 0.432. The first kappa shape index (κ1) is 25.8. The number of hydrogen-bond acceptors (Lipinski definition) is 5. The second kappa shape index (κ2) is 10.3. The summed E-state index contributed by atoms with van der Waals surface area (Å²) >= 11 is 0. The van der Waals surface area contributed by atoms with E-state index >= 15 is 0 Å². The molecule has 1 fully saturated rings. The highest BCUT2D eigenvalue weighted by Gasteiger charge is 2.39. The fraction of sp³-hybridized carbons (Fsp3) is 0.407. The van der Waals surface area contributed by atoms with Crippen LogP contribution in [-0.4, -0.2) is 43.1 Å². The van der Waals surface area contributed by atoms with Gasteiger partial charge in [0.1, 0.15) is 11.6 Å². The number of benzene rings is 2. The number of methoxy groups -OCH3 is 2. The molecule has 1 aliphatic rings. The normalized spacial score (nSPS) is 16.3. The summed E-state index contributed by atoms with van der Waals surface area (Å²) in [7, 11) is 3.23. The molecule has 36 heavy (non-hydrogen) atoms. The van der Waals surface area contributed by atoms with Gasteiger partial charge in [-0.05, 0) is 31.9 Å². The van der Waals surface area contributed by atoms with Gasteiger partial charge in [-0.3, -0.25) is 9.78 Å². The van der Waals surface area contributed by atoms with E-state index in [1.807, 2.05) is 12.1 Å². The van der Waals surface area contributed by atoms with Crippen molar-refractivity contribution in [1.29, 1.82) is 0 Å². The van der Waals surface area contributed by atoms with Gasteiger partial charge in [0.2, 0.25) is 5.91 Å². The zero-order chi connectivity index (χ0) is 26.0. The molecule has 2 aromatic carbocycles. The average Bonchev–Trinajstić information content (AvgIpc) is 2.88. The molecule has 6 nitrogen and oxygen atoms in total. The minimum Gasteiger partial charge on any atom is -0.496 e. The molecule has 0 saturated carbocycles. The maximum absolute atomic E-state index is 14.8. The number of carbonyl (C=O) groups excluding carboxylic acids is 1. The Bertz CT molecular complexity index is 1260. The van der Waals surface area contributed by atoms with E-state index in [0.717, 1.165) is 17.0 Å². The van der Waals surface area contributed by atoms with Crippen LogP contribution in [-0.2, 0) is 15.1 Å². The third-order valence-electron chi connectivity index (χ3n) is 7.09. The summed E-state index contributed by atoms with van der Waals surface area (Å²) in [4.78, 5) is 18.1. The molecule has 2 heterocycles. The van der Waals surface area contributed by atoms with Gasteiger partial charge in [0.05, 0.1) is 29.8 Å². The molecule has 0 bridgehead atoms. The molecule has 0 aliphatic carbocycles. The van der Waals surface area contributed by atoms with Crippen LogP contribution >= 0.6 is 0 Å². The number of aromatic nitrogens is 1. The van der Waals surface area contributed by atoms with Crippen LogP contribution in [0.2, 0.25) is 0 Å². The first-order valence-electron chi connectivity index (χ1n) is 11.8. The molecule has 1 aliphatic heterocycles. The van der Waals surface area contributed by atoms with Crippen molar-refractivity contribution in [3.63, 3.8) is 0 Å². The Hall–Kier alpha value is -3.33. The third-order valence-corrected chi connectivity index (χ3v) is 7.09. The van der Waals surface area contributed by atoms with E-state index in [2.05, 4.69) is 10.3 Å². The number of ether oxygens (including phenoxy) is 2. The molecule has 0 unspecified atom stereocenters. The molecule has 1 amide bonds. The maximum atomic E-state index is 14.8. The van der Waals surface area contributed by atoms with Crippen molar-refractivity contribution >= 4 is 22.5 Å². The number of piperidine rings is 1. The van der Waals surface area contributed by atoms with Gasteiger partial charge in [0, 0.05) is 61.6 Å². The van der Waals surface area contributed by atoms with Gasteiger partial charge < -0.3 is 19.7 Å². The lowest BCUT2D eigenvalue weighted by atomic mass is 9.82. The number of amides is 1.